The fourth-order valence-corrected chi connectivity index (χ4v) is 1.51. The Morgan fingerprint density at radius 3 is 2.19 bits per heavy atom. The molecule has 0 aromatic carbocycles. The van der Waals surface area contributed by atoms with E-state index in [9.17, 15) is 0 Å². The zero-order valence-electron chi connectivity index (χ0n) is 10.5. The molecular formula is C11H21N5. The number of hydrogen-bond acceptors (Lipinski definition) is 5. The third kappa shape index (κ3) is 2.66. The highest BCUT2D eigenvalue weighted by Crippen LogP contribution is 2.18. The molecule has 0 spiro atoms. The fraction of sp³-hybridized carbons (Fsp3) is 0.727. The van der Waals surface area contributed by atoms with Gasteiger partial charge in [-0.05, 0) is 26.7 Å². The highest BCUT2D eigenvalue weighted by molar-refractivity contribution is 5.29. The quantitative estimate of drug-likeness (QED) is 0.789. The average Bonchev–Trinajstić information content (AvgIpc) is 2.31. The standard InChI is InChI=1S/C11H21N5/c1-5-11(6-2,7-12)14-10-13-8(3)9(4)15-16-10/h5-7,12H2,1-4H3,(H,13,14,16). The van der Waals surface area contributed by atoms with Crippen LogP contribution >= 0.6 is 0 Å². The smallest absolute Gasteiger partial charge is 0.243 e. The fourth-order valence-electron chi connectivity index (χ4n) is 1.51. The number of nitrogens with two attached hydrogens (primary N) is 1. The van der Waals surface area contributed by atoms with Crippen LogP contribution in [-0.2, 0) is 0 Å². The predicted molar refractivity (Wildman–Crippen MR) is 65.3 cm³/mol. The third-order valence-electron chi connectivity index (χ3n) is 3.21. The molecule has 1 aromatic rings. The first kappa shape index (κ1) is 12.8. The van der Waals surface area contributed by atoms with E-state index in [2.05, 4.69) is 34.3 Å². The van der Waals surface area contributed by atoms with E-state index in [0.29, 0.717) is 12.5 Å². The van der Waals surface area contributed by atoms with Crippen molar-refractivity contribution in [2.75, 3.05) is 11.9 Å². The minimum atomic E-state index is -0.122. The molecule has 90 valence electrons. The lowest BCUT2D eigenvalue weighted by Gasteiger charge is -2.31. The van der Waals surface area contributed by atoms with E-state index in [1.165, 1.54) is 0 Å². The summed E-state index contributed by atoms with van der Waals surface area (Å²) in [7, 11) is 0. The molecule has 5 heteroatoms. The summed E-state index contributed by atoms with van der Waals surface area (Å²) in [4.78, 5) is 4.36. The first-order chi connectivity index (χ1) is 7.56. The summed E-state index contributed by atoms with van der Waals surface area (Å²) in [5.74, 6) is 0.567. The van der Waals surface area contributed by atoms with E-state index >= 15 is 0 Å². The molecule has 5 nitrogen and oxygen atoms in total. The molecule has 0 radical (unpaired) electrons. The lowest BCUT2D eigenvalue weighted by atomic mass is 9.93. The maximum absolute atomic E-state index is 5.81. The van der Waals surface area contributed by atoms with E-state index in [1.54, 1.807) is 0 Å². The molecule has 0 saturated carbocycles. The van der Waals surface area contributed by atoms with Crippen LogP contribution in [0.15, 0.2) is 0 Å². The van der Waals surface area contributed by atoms with Crippen LogP contribution in [0.2, 0.25) is 0 Å². The van der Waals surface area contributed by atoms with Crippen molar-refractivity contribution in [3.8, 4) is 0 Å². The summed E-state index contributed by atoms with van der Waals surface area (Å²) >= 11 is 0. The van der Waals surface area contributed by atoms with Gasteiger partial charge in [0, 0.05) is 6.54 Å². The molecule has 0 saturated heterocycles. The third-order valence-corrected chi connectivity index (χ3v) is 3.21. The van der Waals surface area contributed by atoms with Crippen molar-refractivity contribution >= 4 is 5.95 Å². The largest absolute Gasteiger partial charge is 0.346 e. The first-order valence-corrected chi connectivity index (χ1v) is 5.73. The van der Waals surface area contributed by atoms with Crippen molar-refractivity contribution in [1.29, 1.82) is 0 Å². The Morgan fingerprint density at radius 1 is 1.12 bits per heavy atom. The molecule has 0 amide bonds. The molecule has 3 N–H and O–H groups in total. The van der Waals surface area contributed by atoms with Gasteiger partial charge in [0.1, 0.15) is 0 Å². The van der Waals surface area contributed by atoms with E-state index in [-0.39, 0.29) is 5.54 Å². The van der Waals surface area contributed by atoms with E-state index in [0.717, 1.165) is 24.2 Å². The zero-order valence-corrected chi connectivity index (χ0v) is 10.5. The number of aryl methyl sites for hydroxylation is 2. The molecule has 0 atom stereocenters. The van der Waals surface area contributed by atoms with Crippen molar-refractivity contribution in [1.82, 2.24) is 15.2 Å². The maximum atomic E-state index is 5.81. The molecule has 16 heavy (non-hydrogen) atoms. The summed E-state index contributed by atoms with van der Waals surface area (Å²) in [5.41, 5.74) is 7.44. The Bertz CT molecular complexity index is 338. The van der Waals surface area contributed by atoms with E-state index in [1.807, 2.05) is 13.8 Å². The lowest BCUT2D eigenvalue weighted by Crippen LogP contribution is -2.45. The lowest BCUT2D eigenvalue weighted by molar-refractivity contribution is 0.441. The molecule has 1 heterocycles. The number of rotatable bonds is 5. The van der Waals surface area contributed by atoms with Gasteiger partial charge in [-0.2, -0.15) is 5.10 Å². The normalized spacial score (nSPS) is 11.6. The van der Waals surface area contributed by atoms with Crippen molar-refractivity contribution < 1.29 is 0 Å². The van der Waals surface area contributed by atoms with Crippen LogP contribution < -0.4 is 11.1 Å². The molecular weight excluding hydrogens is 202 g/mol. The summed E-state index contributed by atoms with van der Waals surface area (Å²) in [5, 5.41) is 11.4. The van der Waals surface area contributed by atoms with Gasteiger partial charge in [-0.1, -0.05) is 13.8 Å². The molecule has 1 rings (SSSR count). The zero-order chi connectivity index (χ0) is 12.2. The maximum Gasteiger partial charge on any atom is 0.243 e. The highest BCUT2D eigenvalue weighted by atomic mass is 15.3. The van der Waals surface area contributed by atoms with Crippen LogP contribution in [0.3, 0.4) is 0 Å². The summed E-state index contributed by atoms with van der Waals surface area (Å²) in [6.45, 7) is 8.61. The van der Waals surface area contributed by atoms with Gasteiger partial charge in [0.25, 0.3) is 0 Å². The summed E-state index contributed by atoms with van der Waals surface area (Å²) in [6, 6.07) is 0. The molecule has 0 aliphatic rings. The Hall–Kier alpha value is -1.23. The van der Waals surface area contributed by atoms with Gasteiger partial charge in [0.2, 0.25) is 5.95 Å². The van der Waals surface area contributed by atoms with Gasteiger partial charge in [0.05, 0.1) is 16.9 Å². The SMILES string of the molecule is CCC(CC)(CN)Nc1nnc(C)c(C)n1. The summed E-state index contributed by atoms with van der Waals surface area (Å²) in [6.07, 6.45) is 1.88. The predicted octanol–water partition coefficient (Wildman–Crippen LogP) is 1.42. The second kappa shape index (κ2) is 5.21. The Balaban J connectivity index is 2.89. The molecule has 0 fully saturated rings. The molecule has 0 unspecified atom stereocenters. The van der Waals surface area contributed by atoms with Crippen molar-refractivity contribution in [3.05, 3.63) is 11.4 Å². The van der Waals surface area contributed by atoms with Gasteiger partial charge in [-0.15, -0.1) is 5.10 Å². The van der Waals surface area contributed by atoms with Gasteiger partial charge < -0.3 is 11.1 Å². The Morgan fingerprint density at radius 2 is 1.75 bits per heavy atom. The topological polar surface area (TPSA) is 76.7 Å². The number of nitrogens with zero attached hydrogens (tertiary/aromatic N) is 3. The Labute approximate surface area is 96.9 Å². The summed E-state index contributed by atoms with van der Waals surface area (Å²) < 4.78 is 0. The number of nitrogens with one attached hydrogen (secondary N) is 1. The van der Waals surface area contributed by atoms with Crippen molar-refractivity contribution in [2.45, 2.75) is 46.1 Å². The monoisotopic (exact) mass is 223 g/mol. The van der Waals surface area contributed by atoms with E-state index in [4.69, 9.17) is 5.73 Å². The van der Waals surface area contributed by atoms with Crippen LogP contribution in [0.5, 0.6) is 0 Å². The van der Waals surface area contributed by atoms with Crippen LogP contribution in [0, 0.1) is 13.8 Å². The second-order valence-electron chi connectivity index (χ2n) is 4.12. The number of anilines is 1. The minimum absolute atomic E-state index is 0.122. The average molecular weight is 223 g/mol. The van der Waals surface area contributed by atoms with Crippen molar-refractivity contribution in [2.24, 2.45) is 5.73 Å². The number of hydrogen-bond donors (Lipinski definition) is 2. The van der Waals surface area contributed by atoms with E-state index < -0.39 is 0 Å². The van der Waals surface area contributed by atoms with Crippen LogP contribution in [0.25, 0.3) is 0 Å². The number of aromatic nitrogens is 3. The first-order valence-electron chi connectivity index (χ1n) is 5.73. The van der Waals surface area contributed by atoms with Crippen LogP contribution in [0.4, 0.5) is 5.95 Å². The van der Waals surface area contributed by atoms with Crippen LogP contribution in [-0.4, -0.2) is 27.3 Å². The molecule has 0 aliphatic heterocycles. The Kier molecular flexibility index (Phi) is 4.18. The van der Waals surface area contributed by atoms with Gasteiger partial charge in [-0.3, -0.25) is 0 Å². The second-order valence-corrected chi connectivity index (χ2v) is 4.12. The molecule has 1 aromatic heterocycles. The van der Waals surface area contributed by atoms with Gasteiger partial charge in [0.15, 0.2) is 0 Å². The van der Waals surface area contributed by atoms with Gasteiger partial charge >= 0.3 is 0 Å². The minimum Gasteiger partial charge on any atom is -0.346 e. The van der Waals surface area contributed by atoms with Crippen molar-refractivity contribution in [3.63, 3.8) is 0 Å². The van der Waals surface area contributed by atoms with Crippen LogP contribution in [0.1, 0.15) is 38.1 Å². The molecule has 0 bridgehead atoms. The molecule has 0 aliphatic carbocycles. The highest BCUT2D eigenvalue weighted by Gasteiger charge is 2.25. The van der Waals surface area contributed by atoms with Gasteiger partial charge in [-0.25, -0.2) is 4.98 Å².